The first kappa shape index (κ1) is 28.4. The van der Waals surface area contributed by atoms with Crippen LogP contribution in [0, 0.1) is 17.2 Å². The van der Waals surface area contributed by atoms with Crippen molar-refractivity contribution < 1.29 is 44.0 Å². The number of hydrogen-bond acceptors (Lipinski definition) is 10. The number of aromatic hydroxyl groups is 1. The predicted octanol–water partition coefficient (Wildman–Crippen LogP) is 1.25. The number of fused-ring (bicyclic) bond motifs is 3. The molecule has 0 spiro atoms. The molecule has 210 valence electrons. The lowest BCUT2D eigenvalue weighted by Crippen LogP contribution is -2.64. The Bertz CT molecular complexity index is 1400. The van der Waals surface area contributed by atoms with Gasteiger partial charge in [0.1, 0.15) is 22.9 Å². The van der Waals surface area contributed by atoms with Crippen LogP contribution < -0.4 is 5.32 Å². The summed E-state index contributed by atoms with van der Waals surface area (Å²) in [5.74, 6) is -8.05. The summed E-state index contributed by atoms with van der Waals surface area (Å²) in [5.41, 5.74) is -6.17. The van der Waals surface area contributed by atoms with Crippen LogP contribution in [0.4, 0.5) is 10.1 Å². The second-order valence-corrected chi connectivity index (χ2v) is 11.3. The lowest BCUT2D eigenvalue weighted by Gasteiger charge is -2.53. The molecule has 1 amide bonds. The number of likely N-dealkylation sites (N-methyl/N-ethyl adjacent to an activating group) is 2. The molecule has 0 aromatic heterocycles. The zero-order chi connectivity index (χ0) is 29.4. The fraction of sp³-hybridized carbons (Fsp3) is 0.481. The van der Waals surface area contributed by atoms with Gasteiger partial charge in [0.15, 0.2) is 22.9 Å². The van der Waals surface area contributed by atoms with Crippen LogP contribution in [0.2, 0.25) is 0 Å². The number of phenolic OH excluding ortho intramolecular Hbond substituents is 1. The van der Waals surface area contributed by atoms with Gasteiger partial charge in [0.25, 0.3) is 0 Å². The summed E-state index contributed by atoms with van der Waals surface area (Å²) >= 11 is 0. The zero-order valence-electron chi connectivity index (χ0n) is 22.5. The number of carbonyl (C=O) groups is 4. The van der Waals surface area contributed by atoms with Crippen LogP contribution in [0.5, 0.6) is 5.75 Å². The summed E-state index contributed by atoms with van der Waals surface area (Å²) in [6, 6.07) is -0.178. The van der Waals surface area contributed by atoms with Crippen molar-refractivity contribution in [2.75, 3.05) is 40.1 Å². The molecule has 0 heterocycles. The van der Waals surface area contributed by atoms with Crippen molar-refractivity contribution in [3.63, 3.8) is 0 Å². The van der Waals surface area contributed by atoms with Crippen molar-refractivity contribution in [2.24, 2.45) is 11.3 Å². The molecule has 1 aromatic rings. The van der Waals surface area contributed by atoms with E-state index in [2.05, 4.69) is 5.32 Å². The molecule has 11 nitrogen and oxygen atoms in total. The highest BCUT2D eigenvalue weighted by Gasteiger charge is 2.65. The summed E-state index contributed by atoms with van der Waals surface area (Å²) in [5, 5.41) is 47.4. The van der Waals surface area contributed by atoms with E-state index in [9.17, 15) is 39.6 Å². The summed E-state index contributed by atoms with van der Waals surface area (Å²) in [4.78, 5) is 54.9. The van der Waals surface area contributed by atoms with Gasteiger partial charge in [-0.05, 0) is 48.0 Å². The molecule has 3 aliphatic rings. The maximum Gasteiger partial charge on any atom is 0.238 e. The van der Waals surface area contributed by atoms with Gasteiger partial charge in [-0.3, -0.25) is 24.1 Å². The van der Waals surface area contributed by atoms with Gasteiger partial charge in [0.2, 0.25) is 11.7 Å². The fourth-order valence-corrected chi connectivity index (χ4v) is 6.32. The second-order valence-electron chi connectivity index (χ2n) is 11.3. The molecule has 4 rings (SSSR count). The number of anilines is 1. The maximum absolute atomic E-state index is 15.4. The van der Waals surface area contributed by atoms with Crippen LogP contribution in [-0.4, -0.2) is 99.9 Å². The van der Waals surface area contributed by atoms with Crippen LogP contribution in [0.3, 0.4) is 0 Å². The smallest absolute Gasteiger partial charge is 0.238 e. The van der Waals surface area contributed by atoms with Gasteiger partial charge in [0.05, 0.1) is 23.8 Å². The maximum atomic E-state index is 15.4. The van der Waals surface area contributed by atoms with Gasteiger partial charge < -0.3 is 30.6 Å². The second kappa shape index (κ2) is 9.25. The van der Waals surface area contributed by atoms with Crippen LogP contribution >= 0.6 is 0 Å². The van der Waals surface area contributed by atoms with E-state index in [-0.39, 0.29) is 30.6 Å². The molecule has 39 heavy (non-hydrogen) atoms. The van der Waals surface area contributed by atoms with E-state index >= 15 is 4.39 Å². The first-order chi connectivity index (χ1) is 18.0. The summed E-state index contributed by atoms with van der Waals surface area (Å²) in [6.07, 6.45) is -0.358. The Morgan fingerprint density at radius 2 is 1.77 bits per heavy atom. The van der Waals surface area contributed by atoms with E-state index in [1.807, 2.05) is 0 Å². The number of carbonyl (C=O) groups excluding carboxylic acids is 4. The number of hydrogen-bond donors (Lipinski definition) is 5. The molecule has 3 aliphatic carbocycles. The Labute approximate surface area is 224 Å². The molecule has 0 unspecified atom stereocenters. The molecule has 0 fully saturated rings. The van der Waals surface area contributed by atoms with Crippen LogP contribution in [0.1, 0.15) is 36.2 Å². The molecule has 0 bridgehead atoms. The molecule has 4 atom stereocenters. The van der Waals surface area contributed by atoms with Gasteiger partial charge in [-0.1, -0.05) is 6.92 Å². The fourth-order valence-electron chi connectivity index (χ4n) is 6.32. The number of aliphatic hydroxyl groups excluding tert-OH is 2. The lowest BCUT2D eigenvalue weighted by atomic mass is 9.53. The normalized spacial score (nSPS) is 28.5. The molecule has 1 aromatic carbocycles. The average Bonchev–Trinajstić information content (AvgIpc) is 2.78. The highest BCUT2D eigenvalue weighted by Crippen LogP contribution is 2.58. The minimum absolute atomic E-state index is 0.0848. The average molecular weight is 546 g/mol. The Morgan fingerprint density at radius 1 is 1.15 bits per heavy atom. The predicted molar refractivity (Wildman–Crippen MR) is 137 cm³/mol. The molecule has 0 saturated heterocycles. The molecule has 0 radical (unpaired) electrons. The minimum Gasteiger partial charge on any atom is -0.510 e. The SMILES string of the molecule is CC(=O)C1=C(O)[C@@H](N(C)C)[C@@H]2C[C@]3(C)Cc4c(F)cc(NC(=O)CN(C)C)c(O)c4C(=O)C3=C(O)[C@]2(O)C1=O. The largest absolute Gasteiger partial charge is 0.510 e. The highest BCUT2D eigenvalue weighted by atomic mass is 19.1. The Balaban J connectivity index is 1.93. The Morgan fingerprint density at radius 3 is 2.31 bits per heavy atom. The number of nitrogens with one attached hydrogen (secondary N) is 1. The van der Waals surface area contributed by atoms with E-state index in [0.29, 0.717) is 0 Å². The third-order valence-corrected chi connectivity index (χ3v) is 7.92. The quantitative estimate of drug-likeness (QED) is 0.268. The summed E-state index contributed by atoms with van der Waals surface area (Å²) in [7, 11) is 6.37. The van der Waals surface area contributed by atoms with Gasteiger partial charge in [-0.15, -0.1) is 0 Å². The Hall–Kier alpha value is -3.61. The molecular formula is C27H32FN3O8. The lowest BCUT2D eigenvalue weighted by molar-refractivity contribution is -0.150. The first-order valence-electron chi connectivity index (χ1n) is 12.3. The van der Waals surface area contributed by atoms with Crippen LogP contribution in [0.25, 0.3) is 0 Å². The third kappa shape index (κ3) is 4.05. The molecule has 0 saturated carbocycles. The van der Waals surface area contributed by atoms with Crippen molar-refractivity contribution in [3.8, 4) is 5.75 Å². The third-order valence-electron chi connectivity index (χ3n) is 7.92. The number of rotatable bonds is 5. The van der Waals surface area contributed by atoms with E-state index in [1.165, 1.54) is 4.90 Å². The van der Waals surface area contributed by atoms with Gasteiger partial charge in [-0.2, -0.15) is 0 Å². The molecular weight excluding hydrogens is 513 g/mol. The number of amides is 1. The van der Waals surface area contributed by atoms with Gasteiger partial charge in [0, 0.05) is 28.5 Å². The standard InChI is InChI=1S/C27H32FN3O8/c1-11(32)17-23(36)20(31(5)6)13-9-26(2)8-12-14(28)7-15(29-16(33)10-30(3)4)21(34)18(12)22(35)19(26)25(38)27(13,39)24(17)37/h7,13,20,34,36,38-39H,8-10H2,1-6H3,(H,29,33)/t13-,20-,26-,27+/m0/s1. The number of phenols is 1. The number of aliphatic hydroxyl groups is 3. The van der Waals surface area contributed by atoms with Crippen molar-refractivity contribution in [2.45, 2.75) is 38.3 Å². The van der Waals surface area contributed by atoms with Crippen LogP contribution in [0.15, 0.2) is 28.7 Å². The van der Waals surface area contributed by atoms with Crippen molar-refractivity contribution in [1.29, 1.82) is 0 Å². The van der Waals surface area contributed by atoms with Crippen molar-refractivity contribution >= 4 is 28.9 Å². The van der Waals surface area contributed by atoms with E-state index in [4.69, 9.17) is 0 Å². The van der Waals surface area contributed by atoms with Crippen molar-refractivity contribution in [1.82, 2.24) is 9.80 Å². The minimum atomic E-state index is -2.74. The molecule has 12 heteroatoms. The van der Waals surface area contributed by atoms with E-state index in [1.54, 1.807) is 40.0 Å². The monoisotopic (exact) mass is 545 g/mol. The summed E-state index contributed by atoms with van der Waals surface area (Å²) in [6.45, 7) is 2.51. The zero-order valence-corrected chi connectivity index (χ0v) is 22.5. The van der Waals surface area contributed by atoms with E-state index < -0.39 is 86.0 Å². The molecule has 0 aliphatic heterocycles. The number of nitrogens with zero attached hydrogens (tertiary/aromatic N) is 2. The number of ketones is 3. The number of benzene rings is 1. The Kier molecular flexibility index (Phi) is 6.73. The number of allylic oxidation sites excluding steroid dienone is 1. The molecule has 5 N–H and O–H groups in total. The van der Waals surface area contributed by atoms with Crippen LogP contribution in [-0.2, 0) is 20.8 Å². The highest BCUT2D eigenvalue weighted by molar-refractivity contribution is 6.25. The number of Topliss-reactive ketones (excluding diaryl/α,β-unsaturated/α-hetero) is 3. The topological polar surface area (TPSA) is 168 Å². The van der Waals surface area contributed by atoms with Gasteiger partial charge >= 0.3 is 0 Å². The summed E-state index contributed by atoms with van der Waals surface area (Å²) < 4.78 is 15.4. The van der Waals surface area contributed by atoms with Gasteiger partial charge in [-0.25, -0.2) is 4.39 Å². The van der Waals surface area contributed by atoms with Crippen molar-refractivity contribution in [3.05, 3.63) is 45.7 Å². The first-order valence-corrected chi connectivity index (χ1v) is 12.3. The number of halogens is 1. The van der Waals surface area contributed by atoms with E-state index in [0.717, 1.165) is 13.0 Å².